The summed E-state index contributed by atoms with van der Waals surface area (Å²) in [5.74, 6) is 0.715. The van der Waals surface area contributed by atoms with Crippen LogP contribution in [0, 0.1) is 5.92 Å². The lowest BCUT2D eigenvalue weighted by atomic mass is 9.87. The summed E-state index contributed by atoms with van der Waals surface area (Å²) >= 11 is 0. The van der Waals surface area contributed by atoms with Crippen LogP contribution in [0.5, 0.6) is 0 Å². The minimum Gasteiger partial charge on any atom is -0.315 e. The van der Waals surface area contributed by atoms with Crippen molar-refractivity contribution in [3.63, 3.8) is 0 Å². The fraction of sp³-hybridized carbons (Fsp3) is 0.667. The highest BCUT2D eigenvalue weighted by Crippen LogP contribution is 2.22. The van der Waals surface area contributed by atoms with Gasteiger partial charge in [0.2, 0.25) is 0 Å². The second-order valence-electron chi connectivity index (χ2n) is 7.28. The van der Waals surface area contributed by atoms with Gasteiger partial charge in [-0.15, -0.1) is 0 Å². The van der Waals surface area contributed by atoms with Crippen LogP contribution in [0.3, 0.4) is 0 Å². The van der Waals surface area contributed by atoms with E-state index in [9.17, 15) is 0 Å². The quantitative estimate of drug-likeness (QED) is 0.793. The molecule has 0 fully saturated rings. The van der Waals surface area contributed by atoms with Gasteiger partial charge in [0.1, 0.15) is 0 Å². The molecule has 0 bridgehead atoms. The van der Waals surface area contributed by atoms with Gasteiger partial charge in [-0.3, -0.25) is 0 Å². The molecule has 0 amide bonds. The van der Waals surface area contributed by atoms with Crippen LogP contribution in [0.25, 0.3) is 0 Å². The molecule has 1 atom stereocenters. The molecule has 0 aliphatic rings. The standard InChI is InChI=1S/C18H32N2/c1-14(2)11-19-12-15(3)20-13-16-7-9-17(10-8-16)18(4,5)6/h7-10,14-15,19-20H,11-13H2,1-6H3. The highest BCUT2D eigenvalue weighted by Gasteiger charge is 2.12. The van der Waals surface area contributed by atoms with E-state index < -0.39 is 0 Å². The van der Waals surface area contributed by atoms with E-state index in [0.717, 1.165) is 19.6 Å². The Bertz CT molecular complexity index is 373. The van der Waals surface area contributed by atoms with Gasteiger partial charge in [0.15, 0.2) is 0 Å². The summed E-state index contributed by atoms with van der Waals surface area (Å²) < 4.78 is 0. The van der Waals surface area contributed by atoms with Crippen molar-refractivity contribution in [2.24, 2.45) is 5.92 Å². The van der Waals surface area contributed by atoms with Gasteiger partial charge < -0.3 is 10.6 Å². The first-order chi connectivity index (χ1) is 9.29. The maximum Gasteiger partial charge on any atom is 0.0208 e. The Balaban J connectivity index is 2.34. The number of benzene rings is 1. The van der Waals surface area contributed by atoms with Gasteiger partial charge >= 0.3 is 0 Å². The molecule has 1 rings (SSSR count). The van der Waals surface area contributed by atoms with Crippen molar-refractivity contribution in [2.45, 2.75) is 59.5 Å². The van der Waals surface area contributed by atoms with Gasteiger partial charge in [-0.05, 0) is 35.9 Å². The van der Waals surface area contributed by atoms with Crippen molar-refractivity contribution in [1.82, 2.24) is 10.6 Å². The van der Waals surface area contributed by atoms with Crippen LogP contribution in [0.2, 0.25) is 0 Å². The van der Waals surface area contributed by atoms with Gasteiger partial charge in [0.05, 0.1) is 0 Å². The molecule has 0 spiro atoms. The number of hydrogen-bond donors (Lipinski definition) is 2. The van der Waals surface area contributed by atoms with Gasteiger partial charge in [0, 0.05) is 19.1 Å². The minimum atomic E-state index is 0.236. The smallest absolute Gasteiger partial charge is 0.0208 e. The second-order valence-corrected chi connectivity index (χ2v) is 7.28. The molecular formula is C18H32N2. The highest BCUT2D eigenvalue weighted by atomic mass is 15.0. The van der Waals surface area contributed by atoms with E-state index in [2.05, 4.69) is 76.4 Å². The Hall–Kier alpha value is -0.860. The van der Waals surface area contributed by atoms with E-state index in [1.165, 1.54) is 11.1 Å². The number of hydrogen-bond acceptors (Lipinski definition) is 2. The fourth-order valence-corrected chi connectivity index (χ4v) is 2.08. The second kappa shape index (κ2) is 7.80. The predicted molar refractivity (Wildman–Crippen MR) is 89.2 cm³/mol. The van der Waals surface area contributed by atoms with Gasteiger partial charge in [-0.1, -0.05) is 58.9 Å². The summed E-state index contributed by atoms with van der Waals surface area (Å²) in [6, 6.07) is 9.47. The molecule has 0 aromatic heterocycles. The van der Waals surface area contributed by atoms with Gasteiger partial charge in [-0.25, -0.2) is 0 Å². The first-order valence-electron chi connectivity index (χ1n) is 7.82. The molecule has 1 unspecified atom stereocenters. The topological polar surface area (TPSA) is 24.1 Å². The van der Waals surface area contributed by atoms with Gasteiger partial charge in [0.25, 0.3) is 0 Å². The Labute approximate surface area is 125 Å². The maximum atomic E-state index is 3.57. The number of rotatable bonds is 7. The van der Waals surface area contributed by atoms with Crippen LogP contribution >= 0.6 is 0 Å². The first-order valence-corrected chi connectivity index (χ1v) is 7.82. The molecule has 0 aliphatic carbocycles. The van der Waals surface area contributed by atoms with Crippen LogP contribution in [0.4, 0.5) is 0 Å². The molecule has 0 heterocycles. The molecule has 0 saturated heterocycles. The van der Waals surface area contributed by atoms with E-state index in [1.54, 1.807) is 0 Å². The monoisotopic (exact) mass is 276 g/mol. The van der Waals surface area contributed by atoms with Crippen LogP contribution < -0.4 is 10.6 Å². The predicted octanol–water partition coefficient (Wildman–Crippen LogP) is 3.71. The zero-order valence-electron chi connectivity index (χ0n) is 14.1. The van der Waals surface area contributed by atoms with Crippen molar-refractivity contribution in [3.8, 4) is 0 Å². The summed E-state index contributed by atoms with van der Waals surface area (Å²) in [6.45, 7) is 16.5. The Morgan fingerprint density at radius 1 is 0.950 bits per heavy atom. The molecule has 2 heteroatoms. The average Bonchev–Trinajstić information content (AvgIpc) is 2.35. The first kappa shape index (κ1) is 17.2. The molecular weight excluding hydrogens is 244 g/mol. The van der Waals surface area contributed by atoms with Crippen molar-refractivity contribution in [1.29, 1.82) is 0 Å². The zero-order valence-corrected chi connectivity index (χ0v) is 14.1. The summed E-state index contributed by atoms with van der Waals surface area (Å²) in [6.07, 6.45) is 0. The van der Waals surface area contributed by atoms with Gasteiger partial charge in [-0.2, -0.15) is 0 Å². The van der Waals surface area contributed by atoms with Crippen molar-refractivity contribution < 1.29 is 0 Å². The number of nitrogens with one attached hydrogen (secondary N) is 2. The fourth-order valence-electron chi connectivity index (χ4n) is 2.08. The van der Waals surface area contributed by atoms with Crippen molar-refractivity contribution in [2.75, 3.05) is 13.1 Å². The van der Waals surface area contributed by atoms with E-state index in [4.69, 9.17) is 0 Å². The molecule has 2 N–H and O–H groups in total. The van der Waals surface area contributed by atoms with Crippen LogP contribution in [0.15, 0.2) is 24.3 Å². The van der Waals surface area contributed by atoms with Crippen LogP contribution in [-0.4, -0.2) is 19.1 Å². The Morgan fingerprint density at radius 2 is 1.55 bits per heavy atom. The molecule has 0 aliphatic heterocycles. The van der Waals surface area contributed by atoms with Crippen LogP contribution in [0.1, 0.15) is 52.7 Å². The molecule has 2 nitrogen and oxygen atoms in total. The molecule has 0 radical (unpaired) electrons. The lowest BCUT2D eigenvalue weighted by Gasteiger charge is -2.20. The third kappa shape index (κ3) is 6.53. The SMILES string of the molecule is CC(C)CNCC(C)NCc1ccc(C(C)(C)C)cc1. The molecule has 1 aromatic rings. The minimum absolute atomic E-state index is 0.236. The van der Waals surface area contributed by atoms with E-state index >= 15 is 0 Å². The molecule has 114 valence electrons. The average molecular weight is 276 g/mol. The zero-order chi connectivity index (χ0) is 15.2. The summed E-state index contributed by atoms with van der Waals surface area (Å²) in [5, 5.41) is 7.06. The van der Waals surface area contributed by atoms with Crippen molar-refractivity contribution in [3.05, 3.63) is 35.4 Å². The van der Waals surface area contributed by atoms with Crippen molar-refractivity contribution >= 4 is 0 Å². The maximum absolute atomic E-state index is 3.57. The summed E-state index contributed by atoms with van der Waals surface area (Å²) in [4.78, 5) is 0. The molecule has 20 heavy (non-hydrogen) atoms. The molecule has 0 saturated carbocycles. The largest absolute Gasteiger partial charge is 0.315 e. The van der Waals surface area contributed by atoms with E-state index in [-0.39, 0.29) is 5.41 Å². The Kier molecular flexibility index (Phi) is 6.70. The van der Waals surface area contributed by atoms with E-state index in [0.29, 0.717) is 12.0 Å². The highest BCUT2D eigenvalue weighted by molar-refractivity contribution is 5.27. The van der Waals surface area contributed by atoms with E-state index in [1.807, 2.05) is 0 Å². The molecule has 1 aromatic carbocycles. The lowest BCUT2D eigenvalue weighted by Crippen LogP contribution is -2.37. The summed E-state index contributed by atoms with van der Waals surface area (Å²) in [5.41, 5.74) is 2.99. The lowest BCUT2D eigenvalue weighted by molar-refractivity contribution is 0.472. The third-order valence-corrected chi connectivity index (χ3v) is 3.48. The summed E-state index contributed by atoms with van der Waals surface area (Å²) in [7, 11) is 0. The normalized spacial score (nSPS) is 13.8. The Morgan fingerprint density at radius 3 is 2.05 bits per heavy atom. The van der Waals surface area contributed by atoms with Crippen LogP contribution in [-0.2, 0) is 12.0 Å². The third-order valence-electron chi connectivity index (χ3n) is 3.48.